The highest BCUT2D eigenvalue weighted by atomic mass is 16.6. The Morgan fingerprint density at radius 1 is 1.12 bits per heavy atom. The number of methoxy groups -OCH3 is 1. The molecule has 3 atom stereocenters. The summed E-state index contributed by atoms with van der Waals surface area (Å²) in [6.07, 6.45) is 0.682. The van der Waals surface area contributed by atoms with Crippen molar-refractivity contribution in [2.45, 2.75) is 45.6 Å². The molecule has 3 rings (SSSR count). The van der Waals surface area contributed by atoms with E-state index in [4.69, 9.17) is 18.9 Å². The van der Waals surface area contributed by atoms with Crippen LogP contribution in [0.2, 0.25) is 0 Å². The monoisotopic (exact) mass is 597 g/mol. The lowest BCUT2D eigenvalue weighted by Gasteiger charge is -2.32. The third kappa shape index (κ3) is 9.10. The fraction of sp³-hybridized carbons (Fsp3) is 0.452. The summed E-state index contributed by atoms with van der Waals surface area (Å²) in [6.45, 7) is 6.46. The summed E-state index contributed by atoms with van der Waals surface area (Å²) in [6, 6.07) is 13.4. The van der Waals surface area contributed by atoms with Crippen molar-refractivity contribution in [1.82, 2.24) is 5.32 Å². The molecule has 1 aliphatic rings. The average molecular weight is 598 g/mol. The summed E-state index contributed by atoms with van der Waals surface area (Å²) >= 11 is 0. The van der Waals surface area contributed by atoms with Gasteiger partial charge in [0.05, 0.1) is 30.8 Å². The highest BCUT2D eigenvalue weighted by Gasteiger charge is 2.44. The van der Waals surface area contributed by atoms with Crippen LogP contribution in [0.4, 0.5) is 5.69 Å². The van der Waals surface area contributed by atoms with E-state index in [1.807, 2.05) is 30.3 Å². The topological polar surface area (TPSA) is 159 Å². The van der Waals surface area contributed by atoms with Crippen molar-refractivity contribution in [1.29, 1.82) is 0 Å². The number of hydrogen-bond acceptors (Lipinski definition) is 11. The van der Waals surface area contributed by atoms with E-state index >= 15 is 0 Å². The molecule has 0 fully saturated rings. The molecule has 0 saturated carbocycles. The number of aliphatic hydroxyl groups excluding tert-OH is 1. The van der Waals surface area contributed by atoms with Gasteiger partial charge >= 0.3 is 11.9 Å². The number of nitrogens with one attached hydrogen (secondary N) is 1. The summed E-state index contributed by atoms with van der Waals surface area (Å²) in [5, 5.41) is 25.0. The number of esters is 2. The average Bonchev–Trinajstić information content (AvgIpc) is 2.99. The minimum absolute atomic E-state index is 0.0946. The Morgan fingerprint density at radius 3 is 2.53 bits per heavy atom. The normalized spacial score (nSPS) is 17.1. The van der Waals surface area contributed by atoms with Gasteiger partial charge < -0.3 is 29.4 Å². The number of hydrogen-bond donors (Lipinski definition) is 2. The van der Waals surface area contributed by atoms with Crippen LogP contribution in [0, 0.1) is 16.0 Å². The van der Waals surface area contributed by atoms with Crippen LogP contribution in [0.25, 0.3) is 0 Å². The Bertz CT molecular complexity index is 1330. The van der Waals surface area contributed by atoms with Gasteiger partial charge in [0.1, 0.15) is 30.1 Å². The standard InChI is InChI=1S/C31H39N3O9/c1-5-41-31(37)28-21(3)33-20(2)27(30(36)40-4)29(28)25-17-22(34(38)39)13-14-26(25)42-16-10-9-15-32-18-23(35)19-43-24-11-7-6-8-12-24/h6-8,11-14,17,23,27,29,32,35H,5,9-10,15-16,18-19H2,1-4H3. The lowest BCUT2D eigenvalue weighted by molar-refractivity contribution is -0.385. The van der Waals surface area contributed by atoms with Crippen LogP contribution in [0.3, 0.4) is 0 Å². The molecule has 2 N–H and O–H groups in total. The molecular weight excluding hydrogens is 558 g/mol. The number of benzene rings is 2. The number of nitro benzene ring substituents is 1. The van der Waals surface area contributed by atoms with E-state index in [0.29, 0.717) is 48.0 Å². The zero-order chi connectivity index (χ0) is 31.4. The molecule has 2 aromatic carbocycles. The molecule has 0 aliphatic carbocycles. The molecule has 0 bridgehead atoms. The number of allylic oxidation sites excluding steroid dienone is 1. The van der Waals surface area contributed by atoms with Crippen molar-refractivity contribution in [2.75, 3.05) is 40.0 Å². The molecule has 0 spiro atoms. The van der Waals surface area contributed by atoms with Crippen molar-refractivity contribution in [3.63, 3.8) is 0 Å². The maximum absolute atomic E-state index is 13.1. The van der Waals surface area contributed by atoms with Crippen LogP contribution in [0.5, 0.6) is 11.5 Å². The number of aliphatic hydroxyl groups is 1. The number of unbranched alkanes of at least 4 members (excludes halogenated alkanes) is 1. The van der Waals surface area contributed by atoms with Gasteiger partial charge in [0, 0.05) is 41.6 Å². The number of carbonyl (C=O) groups is 2. The summed E-state index contributed by atoms with van der Waals surface area (Å²) in [4.78, 5) is 41.6. The molecule has 1 heterocycles. The molecule has 0 amide bonds. The van der Waals surface area contributed by atoms with Gasteiger partial charge in [-0.2, -0.15) is 0 Å². The highest BCUT2D eigenvalue weighted by Crippen LogP contribution is 2.44. The number of nitro groups is 1. The van der Waals surface area contributed by atoms with Gasteiger partial charge in [-0.25, -0.2) is 4.79 Å². The lowest BCUT2D eigenvalue weighted by atomic mass is 9.75. The SMILES string of the molecule is CCOC(=O)C1=C(C)N=C(C)C(C(=O)OC)C1c1cc([N+](=O)[O-])ccc1OCCCCNCC(O)COc1ccccc1. The van der Waals surface area contributed by atoms with Gasteiger partial charge in [0.2, 0.25) is 0 Å². The second-order valence-corrected chi connectivity index (χ2v) is 9.97. The number of carbonyl (C=O) groups excluding carboxylic acids is 2. The molecule has 43 heavy (non-hydrogen) atoms. The first-order valence-corrected chi connectivity index (χ1v) is 14.2. The molecular formula is C31H39N3O9. The summed E-state index contributed by atoms with van der Waals surface area (Å²) in [5.74, 6) is -2.30. The first-order chi connectivity index (χ1) is 20.7. The molecule has 0 saturated heterocycles. The number of para-hydroxylation sites is 1. The van der Waals surface area contributed by atoms with E-state index < -0.39 is 34.8 Å². The summed E-state index contributed by atoms with van der Waals surface area (Å²) in [5.41, 5.74) is 0.947. The Hall–Kier alpha value is -4.29. The largest absolute Gasteiger partial charge is 0.493 e. The molecule has 1 aliphatic heterocycles. The van der Waals surface area contributed by atoms with Crippen molar-refractivity contribution in [2.24, 2.45) is 10.9 Å². The number of aliphatic imine (C=N–C) groups is 1. The molecule has 2 aromatic rings. The number of non-ortho nitro benzene ring substituents is 1. The molecule has 0 radical (unpaired) electrons. The number of rotatable bonds is 16. The lowest BCUT2D eigenvalue weighted by Crippen LogP contribution is -2.36. The fourth-order valence-electron chi connectivity index (χ4n) is 4.87. The second kappa shape index (κ2) is 16.4. The summed E-state index contributed by atoms with van der Waals surface area (Å²) in [7, 11) is 1.23. The van der Waals surface area contributed by atoms with Gasteiger partial charge in [-0.3, -0.25) is 19.9 Å². The highest BCUT2D eigenvalue weighted by molar-refractivity contribution is 6.07. The molecule has 0 aromatic heterocycles. The summed E-state index contributed by atoms with van der Waals surface area (Å²) < 4.78 is 22.0. The minimum Gasteiger partial charge on any atom is -0.493 e. The molecule has 12 heteroatoms. The minimum atomic E-state index is -1.01. The van der Waals surface area contributed by atoms with Gasteiger partial charge in [0.15, 0.2) is 0 Å². The Balaban J connectivity index is 1.69. The number of ether oxygens (including phenoxy) is 4. The van der Waals surface area contributed by atoms with Crippen LogP contribution < -0.4 is 14.8 Å². The Labute approximate surface area is 250 Å². The maximum Gasteiger partial charge on any atom is 0.336 e. The first kappa shape index (κ1) is 33.2. The molecule has 12 nitrogen and oxygen atoms in total. The fourth-order valence-corrected chi connectivity index (χ4v) is 4.87. The predicted octanol–water partition coefficient (Wildman–Crippen LogP) is 3.97. The van der Waals surface area contributed by atoms with Crippen molar-refractivity contribution >= 4 is 23.3 Å². The molecule has 3 unspecified atom stereocenters. The van der Waals surface area contributed by atoms with Crippen LogP contribution in [-0.2, 0) is 19.1 Å². The molecule has 232 valence electrons. The van der Waals surface area contributed by atoms with Gasteiger partial charge in [0.25, 0.3) is 5.69 Å². The van der Waals surface area contributed by atoms with E-state index in [1.54, 1.807) is 20.8 Å². The quantitative estimate of drug-likeness (QED) is 0.125. The smallest absolute Gasteiger partial charge is 0.336 e. The van der Waals surface area contributed by atoms with Gasteiger partial charge in [-0.15, -0.1) is 0 Å². The number of nitrogens with zero attached hydrogens (tertiary/aromatic N) is 2. The van der Waals surface area contributed by atoms with Crippen LogP contribution in [0.1, 0.15) is 45.1 Å². The Kier molecular flexibility index (Phi) is 12.6. The van der Waals surface area contributed by atoms with Gasteiger partial charge in [-0.05, 0) is 58.4 Å². The predicted molar refractivity (Wildman–Crippen MR) is 159 cm³/mol. The van der Waals surface area contributed by atoms with Crippen molar-refractivity contribution in [3.8, 4) is 11.5 Å². The van der Waals surface area contributed by atoms with Crippen LogP contribution in [-0.4, -0.2) is 73.8 Å². The van der Waals surface area contributed by atoms with E-state index in [2.05, 4.69) is 10.3 Å². The van der Waals surface area contributed by atoms with E-state index in [-0.39, 0.29) is 31.1 Å². The third-order valence-electron chi connectivity index (χ3n) is 6.89. The maximum atomic E-state index is 13.1. The van der Waals surface area contributed by atoms with E-state index in [9.17, 15) is 24.8 Å². The second-order valence-electron chi connectivity index (χ2n) is 9.97. The van der Waals surface area contributed by atoms with E-state index in [0.717, 1.165) is 6.42 Å². The third-order valence-corrected chi connectivity index (χ3v) is 6.89. The van der Waals surface area contributed by atoms with Crippen LogP contribution >= 0.6 is 0 Å². The van der Waals surface area contributed by atoms with Crippen molar-refractivity contribution < 1.29 is 38.6 Å². The Morgan fingerprint density at radius 2 is 1.86 bits per heavy atom. The first-order valence-electron chi connectivity index (χ1n) is 14.2. The van der Waals surface area contributed by atoms with Crippen LogP contribution in [0.15, 0.2) is 64.8 Å². The zero-order valence-corrected chi connectivity index (χ0v) is 24.9. The zero-order valence-electron chi connectivity index (χ0n) is 24.9. The van der Waals surface area contributed by atoms with Crippen molar-refractivity contribution in [3.05, 3.63) is 75.5 Å². The van der Waals surface area contributed by atoms with Gasteiger partial charge in [-0.1, -0.05) is 18.2 Å². The van der Waals surface area contributed by atoms with E-state index in [1.165, 1.54) is 25.3 Å².